The molecule has 1 aromatic heterocycles. The first-order chi connectivity index (χ1) is 16.3. The molecule has 0 atom stereocenters. The summed E-state index contributed by atoms with van der Waals surface area (Å²) in [5.41, 5.74) is 7.36. The molecule has 180 valence electrons. The lowest BCUT2D eigenvalue weighted by atomic mass is 9.75. The van der Waals surface area contributed by atoms with Crippen LogP contribution in [-0.4, -0.2) is 14.1 Å². The minimum absolute atomic E-state index is 0. The van der Waals surface area contributed by atoms with Gasteiger partial charge in [-0.3, -0.25) is 0 Å². The molecular weight excluding hydrogens is 543 g/mol. The molecule has 0 bridgehead atoms. The van der Waals surface area contributed by atoms with Crippen LogP contribution in [0.3, 0.4) is 0 Å². The summed E-state index contributed by atoms with van der Waals surface area (Å²) in [6.07, 6.45) is 11.1. The smallest absolute Gasteiger partial charge is 0.374 e. The molecule has 1 aliphatic rings. The summed E-state index contributed by atoms with van der Waals surface area (Å²) in [6.45, 7) is 4.69. The van der Waals surface area contributed by atoms with Crippen LogP contribution in [0.2, 0.25) is 0 Å². The van der Waals surface area contributed by atoms with Gasteiger partial charge in [0.2, 0.25) is 5.58 Å². The van der Waals surface area contributed by atoms with E-state index < -0.39 is 0 Å². The van der Waals surface area contributed by atoms with Crippen molar-refractivity contribution in [1.29, 1.82) is 0 Å². The Morgan fingerprint density at radius 1 is 0.914 bits per heavy atom. The number of nitrogens with zero attached hydrogens (tertiary/aromatic N) is 2. The maximum absolute atomic E-state index is 6.41. The van der Waals surface area contributed by atoms with E-state index >= 15 is 0 Å². The van der Waals surface area contributed by atoms with E-state index in [2.05, 4.69) is 129 Å². The number of aromatic nitrogens is 1. The number of fused-ring (bicyclic) bond motifs is 3. The van der Waals surface area contributed by atoms with Gasteiger partial charge >= 0.3 is 5.89 Å². The van der Waals surface area contributed by atoms with Crippen LogP contribution in [0, 0.1) is 5.41 Å². The summed E-state index contributed by atoms with van der Waals surface area (Å²) in [7, 11) is 6.22. The van der Waals surface area contributed by atoms with Crippen molar-refractivity contribution in [2.45, 2.75) is 26.7 Å². The summed E-state index contributed by atoms with van der Waals surface area (Å²) >= 11 is 0. The van der Waals surface area contributed by atoms with Gasteiger partial charge < -0.3 is 33.3 Å². The van der Waals surface area contributed by atoms with E-state index in [1.165, 1.54) is 27.8 Å². The number of hydrogen-bond acceptors (Lipinski definition) is 2. The zero-order chi connectivity index (χ0) is 23.9. The molecular formula is C31H33IN2O. The summed E-state index contributed by atoms with van der Waals surface area (Å²) in [6, 6.07) is 21.4. The van der Waals surface area contributed by atoms with Crippen LogP contribution in [0.1, 0.15) is 38.1 Å². The number of rotatable bonds is 4. The van der Waals surface area contributed by atoms with Gasteiger partial charge in [-0.15, -0.1) is 0 Å². The standard InChI is InChI=1S/C31H33N2O.HI/c1-31(2)20-23(11-10-22-12-15-26(16-13-22)32(3)4)18-24(21-31)19-29-33(5)28-17-14-25-8-6-7-9-27(25)30(28)34-29;/h6-19H,20-21H2,1-5H3;1H/q+1;/p-1. The van der Waals surface area contributed by atoms with E-state index in [1.807, 2.05) is 0 Å². The largest absolute Gasteiger partial charge is 1.00 e. The summed E-state index contributed by atoms with van der Waals surface area (Å²) < 4.78 is 8.57. The molecule has 0 radical (unpaired) electrons. The van der Waals surface area contributed by atoms with Gasteiger partial charge in [0.1, 0.15) is 7.05 Å². The lowest BCUT2D eigenvalue weighted by Crippen LogP contribution is -3.00. The molecule has 1 aliphatic carbocycles. The Morgan fingerprint density at radius 3 is 2.40 bits per heavy atom. The Bertz CT molecular complexity index is 1450. The maximum atomic E-state index is 6.41. The molecule has 1 heterocycles. The van der Waals surface area contributed by atoms with Crippen LogP contribution < -0.4 is 33.4 Å². The summed E-state index contributed by atoms with van der Waals surface area (Å²) in [5, 5.41) is 2.36. The van der Waals surface area contributed by atoms with Crippen LogP contribution in [0.15, 0.2) is 88.4 Å². The molecule has 0 fully saturated rings. The zero-order valence-corrected chi connectivity index (χ0v) is 23.3. The van der Waals surface area contributed by atoms with Crippen LogP contribution in [-0.2, 0) is 7.05 Å². The van der Waals surface area contributed by atoms with E-state index in [4.69, 9.17) is 4.42 Å². The fraction of sp³-hybridized carbons (Fsp3) is 0.258. The molecule has 0 aliphatic heterocycles. The van der Waals surface area contributed by atoms with Gasteiger partial charge in [-0.1, -0.05) is 68.5 Å². The molecule has 0 amide bonds. The van der Waals surface area contributed by atoms with Crippen molar-refractivity contribution in [3.8, 4) is 0 Å². The van der Waals surface area contributed by atoms with E-state index in [1.54, 1.807) is 0 Å². The minimum Gasteiger partial charge on any atom is -1.00 e. The van der Waals surface area contributed by atoms with Crippen LogP contribution in [0.25, 0.3) is 34.0 Å². The van der Waals surface area contributed by atoms with Gasteiger partial charge in [0.05, 0.1) is 6.08 Å². The van der Waals surface area contributed by atoms with Gasteiger partial charge in [-0.25, -0.2) is 0 Å². The summed E-state index contributed by atoms with van der Waals surface area (Å²) in [5.74, 6) is 0.887. The molecule has 35 heavy (non-hydrogen) atoms. The van der Waals surface area contributed by atoms with E-state index in [0.29, 0.717) is 0 Å². The van der Waals surface area contributed by atoms with Crippen molar-refractivity contribution >= 4 is 39.7 Å². The van der Waals surface area contributed by atoms with Crippen LogP contribution in [0.5, 0.6) is 0 Å². The average molecular weight is 577 g/mol. The number of anilines is 1. The highest BCUT2D eigenvalue weighted by molar-refractivity contribution is 6.01. The van der Waals surface area contributed by atoms with Crippen molar-refractivity contribution in [3.05, 3.63) is 95.4 Å². The Balaban J connectivity index is 0.00000289. The zero-order valence-electron chi connectivity index (χ0n) is 21.2. The van der Waals surface area contributed by atoms with Crippen molar-refractivity contribution < 1.29 is 33.0 Å². The number of oxazole rings is 1. The monoisotopic (exact) mass is 576 g/mol. The highest BCUT2D eigenvalue weighted by Crippen LogP contribution is 2.39. The molecule has 5 rings (SSSR count). The molecule has 0 saturated heterocycles. The van der Waals surface area contributed by atoms with Crippen molar-refractivity contribution in [2.24, 2.45) is 12.5 Å². The first-order valence-corrected chi connectivity index (χ1v) is 12.0. The average Bonchev–Trinajstić information content (AvgIpc) is 3.12. The van der Waals surface area contributed by atoms with E-state index in [9.17, 15) is 0 Å². The normalized spacial score (nSPS) is 16.6. The molecule has 3 nitrogen and oxygen atoms in total. The lowest BCUT2D eigenvalue weighted by molar-refractivity contribution is -0.652. The number of halogens is 1. The Kier molecular flexibility index (Phi) is 7.22. The molecule has 3 aromatic carbocycles. The van der Waals surface area contributed by atoms with Crippen LogP contribution in [0.4, 0.5) is 5.69 Å². The van der Waals surface area contributed by atoms with Gasteiger partial charge in [-0.2, -0.15) is 4.57 Å². The number of hydrogen-bond donors (Lipinski definition) is 0. The third kappa shape index (κ3) is 5.37. The first-order valence-electron chi connectivity index (χ1n) is 12.0. The maximum Gasteiger partial charge on any atom is 0.374 e. The van der Waals surface area contributed by atoms with Gasteiger partial charge in [0.25, 0.3) is 5.52 Å². The van der Waals surface area contributed by atoms with Crippen LogP contribution >= 0.6 is 0 Å². The fourth-order valence-corrected chi connectivity index (χ4v) is 4.97. The van der Waals surface area contributed by atoms with Gasteiger partial charge in [0.15, 0.2) is 0 Å². The number of aryl methyl sites for hydroxylation is 1. The molecule has 4 aromatic rings. The highest BCUT2D eigenvalue weighted by Gasteiger charge is 2.26. The predicted molar refractivity (Wildman–Crippen MR) is 144 cm³/mol. The SMILES string of the molecule is CN(C)c1ccc(C=CC2=CC(=Cc3oc4c5ccccc5ccc4[n+]3C)CC(C)(C)C2)cc1.[I-]. The quantitative estimate of drug-likeness (QED) is 0.267. The second kappa shape index (κ2) is 10.0. The van der Waals surface area contributed by atoms with Gasteiger partial charge in [0, 0.05) is 31.2 Å². The number of benzene rings is 3. The number of allylic oxidation sites excluding steroid dienone is 4. The second-order valence-corrected chi connectivity index (χ2v) is 10.4. The molecule has 0 spiro atoms. The molecule has 0 saturated carbocycles. The molecule has 0 unspecified atom stereocenters. The van der Waals surface area contributed by atoms with E-state index in [-0.39, 0.29) is 29.4 Å². The molecule has 4 heteroatoms. The highest BCUT2D eigenvalue weighted by atomic mass is 127. The fourth-order valence-electron chi connectivity index (χ4n) is 4.97. The Hall–Kier alpha value is -2.86. The minimum atomic E-state index is 0. The Labute approximate surface area is 225 Å². The topological polar surface area (TPSA) is 20.3 Å². The summed E-state index contributed by atoms with van der Waals surface area (Å²) in [4.78, 5) is 2.12. The Morgan fingerprint density at radius 2 is 1.66 bits per heavy atom. The molecule has 0 N–H and O–H groups in total. The second-order valence-electron chi connectivity index (χ2n) is 10.4. The van der Waals surface area contributed by atoms with Crippen molar-refractivity contribution in [3.63, 3.8) is 0 Å². The van der Waals surface area contributed by atoms with E-state index in [0.717, 1.165) is 35.2 Å². The van der Waals surface area contributed by atoms with Gasteiger partial charge in [-0.05, 0) is 58.6 Å². The first kappa shape index (κ1) is 25.2. The third-order valence-corrected chi connectivity index (χ3v) is 6.70. The van der Waals surface area contributed by atoms with Crippen molar-refractivity contribution in [1.82, 2.24) is 0 Å². The lowest BCUT2D eigenvalue weighted by Gasteiger charge is -2.30. The van der Waals surface area contributed by atoms with Crippen molar-refractivity contribution in [2.75, 3.05) is 19.0 Å². The third-order valence-electron chi connectivity index (χ3n) is 6.70. The predicted octanol–water partition coefficient (Wildman–Crippen LogP) is 4.32.